The van der Waals surface area contributed by atoms with Gasteiger partial charge in [0.25, 0.3) is 0 Å². The second kappa shape index (κ2) is 9.84. The molecule has 1 heterocycles. The Morgan fingerprint density at radius 1 is 1.28 bits per heavy atom. The second-order valence-electron chi connectivity index (χ2n) is 7.50. The number of aliphatic imine (C=N–C) groups is 1. The minimum absolute atomic E-state index is 0.0256. The summed E-state index contributed by atoms with van der Waals surface area (Å²) in [7, 11) is -3.36. The summed E-state index contributed by atoms with van der Waals surface area (Å²) >= 11 is 0. The van der Waals surface area contributed by atoms with Crippen molar-refractivity contribution in [2.24, 2.45) is 10.4 Å². The Bertz CT molecular complexity index is 502. The van der Waals surface area contributed by atoms with E-state index in [9.17, 15) is 9.36 Å². The number of hydrogen-bond acceptors (Lipinski definition) is 6. The molecule has 0 aromatic carbocycles. The third-order valence-corrected chi connectivity index (χ3v) is 6.69. The van der Waals surface area contributed by atoms with Crippen LogP contribution >= 0.6 is 7.60 Å². The number of ketones is 1. The molecule has 0 saturated heterocycles. The molecule has 1 rings (SSSR count). The molecule has 0 aromatic heterocycles. The molecular formula is C18H34NO5P. The highest BCUT2D eigenvalue weighted by Crippen LogP contribution is 2.56. The van der Waals surface area contributed by atoms with Gasteiger partial charge in [0.05, 0.1) is 19.3 Å². The Hall–Kier alpha value is -0.710. The number of hydrogen-bond donors (Lipinski definition) is 0. The molecule has 0 radical (unpaired) electrons. The van der Waals surface area contributed by atoms with Crippen LogP contribution in [0, 0.1) is 5.41 Å². The quantitative estimate of drug-likeness (QED) is 0.389. The minimum Gasteiger partial charge on any atom is -0.478 e. The molecule has 25 heavy (non-hydrogen) atoms. The molecule has 0 saturated carbocycles. The van der Waals surface area contributed by atoms with Gasteiger partial charge in [0.15, 0.2) is 5.90 Å². The van der Waals surface area contributed by atoms with Crippen LogP contribution < -0.4 is 0 Å². The Morgan fingerprint density at radius 3 is 2.32 bits per heavy atom. The minimum atomic E-state index is -3.36. The number of rotatable bonds is 11. The summed E-state index contributed by atoms with van der Waals surface area (Å²) in [4.78, 5) is 15.8. The second-order valence-corrected chi connectivity index (χ2v) is 9.72. The van der Waals surface area contributed by atoms with Crippen LogP contribution in [0.4, 0.5) is 0 Å². The average Bonchev–Trinajstić information content (AvgIpc) is 2.96. The standard InChI is InChI=1S/C18H34NO5P/c1-7-23-25(21,24-8-2)15(12-10-9-11-14(3)20)17-19-16(13-22-17)18(4,5)6/h15-16H,7-13H2,1-6H3/t15?,16-/m1/s1. The van der Waals surface area contributed by atoms with Gasteiger partial charge >= 0.3 is 7.60 Å². The van der Waals surface area contributed by atoms with E-state index in [-0.39, 0.29) is 17.2 Å². The van der Waals surface area contributed by atoms with Crippen molar-refractivity contribution in [2.45, 2.75) is 78.9 Å². The van der Waals surface area contributed by atoms with E-state index in [0.717, 1.165) is 12.8 Å². The number of unbranched alkanes of at least 4 members (excludes halogenated alkanes) is 1. The van der Waals surface area contributed by atoms with Crippen molar-refractivity contribution in [2.75, 3.05) is 19.8 Å². The largest absolute Gasteiger partial charge is 0.478 e. The van der Waals surface area contributed by atoms with Crippen LogP contribution in [0.25, 0.3) is 0 Å². The lowest BCUT2D eigenvalue weighted by Crippen LogP contribution is -2.25. The van der Waals surface area contributed by atoms with E-state index in [1.807, 2.05) is 0 Å². The maximum Gasteiger partial charge on any atom is 0.342 e. The van der Waals surface area contributed by atoms with E-state index < -0.39 is 13.3 Å². The number of carbonyl (C=O) groups excluding carboxylic acids is 1. The predicted molar refractivity (Wildman–Crippen MR) is 100 cm³/mol. The molecule has 146 valence electrons. The smallest absolute Gasteiger partial charge is 0.342 e. The van der Waals surface area contributed by atoms with Crippen LogP contribution in [-0.2, 0) is 23.1 Å². The summed E-state index contributed by atoms with van der Waals surface area (Å²) in [5, 5.41) is 0. The third-order valence-electron chi connectivity index (χ3n) is 4.21. The van der Waals surface area contributed by atoms with Crippen LogP contribution in [0.2, 0.25) is 0 Å². The van der Waals surface area contributed by atoms with Gasteiger partial charge in [-0.15, -0.1) is 0 Å². The summed E-state index contributed by atoms with van der Waals surface area (Å²) in [6, 6.07) is 0.0268. The van der Waals surface area contributed by atoms with Gasteiger partial charge in [-0.3, -0.25) is 4.57 Å². The first kappa shape index (κ1) is 22.3. The van der Waals surface area contributed by atoms with Crippen LogP contribution in [0.15, 0.2) is 4.99 Å². The zero-order valence-electron chi connectivity index (χ0n) is 16.5. The van der Waals surface area contributed by atoms with Gasteiger partial charge in [-0.1, -0.05) is 27.2 Å². The average molecular weight is 375 g/mol. The Balaban J connectivity index is 2.98. The molecule has 0 fully saturated rings. The first-order chi connectivity index (χ1) is 11.6. The van der Waals surface area contributed by atoms with Gasteiger partial charge in [0.2, 0.25) is 0 Å². The van der Waals surface area contributed by atoms with Gasteiger partial charge in [-0.05, 0) is 39.0 Å². The Labute approximate surface area is 152 Å². The molecule has 1 unspecified atom stereocenters. The summed E-state index contributed by atoms with van der Waals surface area (Å²) in [5.41, 5.74) is -0.533. The lowest BCUT2D eigenvalue weighted by Gasteiger charge is -2.25. The summed E-state index contributed by atoms with van der Waals surface area (Å²) in [5.74, 6) is 0.643. The number of ether oxygens (including phenoxy) is 1. The van der Waals surface area contributed by atoms with Crippen molar-refractivity contribution in [3.8, 4) is 0 Å². The van der Waals surface area contributed by atoms with Gasteiger partial charge < -0.3 is 18.6 Å². The molecule has 0 bridgehead atoms. The van der Waals surface area contributed by atoms with Crippen molar-refractivity contribution in [1.82, 2.24) is 0 Å². The molecule has 0 aliphatic carbocycles. The maximum absolute atomic E-state index is 13.3. The van der Waals surface area contributed by atoms with Crippen molar-refractivity contribution in [1.29, 1.82) is 0 Å². The molecule has 0 spiro atoms. The molecule has 0 amide bonds. The molecular weight excluding hydrogens is 341 g/mol. The van der Waals surface area contributed by atoms with Crippen molar-refractivity contribution >= 4 is 19.3 Å². The molecule has 6 nitrogen and oxygen atoms in total. The number of carbonyl (C=O) groups is 1. The van der Waals surface area contributed by atoms with Gasteiger partial charge in [0.1, 0.15) is 18.0 Å². The lowest BCUT2D eigenvalue weighted by molar-refractivity contribution is -0.117. The van der Waals surface area contributed by atoms with Crippen LogP contribution in [0.5, 0.6) is 0 Å². The lowest BCUT2D eigenvalue weighted by atomic mass is 9.88. The summed E-state index contributed by atoms with van der Waals surface area (Å²) in [6.45, 7) is 12.6. The normalized spacial score (nSPS) is 19.4. The Kier molecular flexibility index (Phi) is 8.79. The molecule has 7 heteroatoms. The number of nitrogens with zero attached hydrogens (tertiary/aromatic N) is 1. The fourth-order valence-electron chi connectivity index (χ4n) is 2.72. The van der Waals surface area contributed by atoms with Crippen LogP contribution in [0.1, 0.15) is 67.2 Å². The van der Waals surface area contributed by atoms with Crippen molar-refractivity contribution in [3.05, 3.63) is 0 Å². The molecule has 2 atom stereocenters. The molecule has 1 aliphatic rings. The highest BCUT2D eigenvalue weighted by molar-refractivity contribution is 7.55. The third kappa shape index (κ3) is 6.84. The van der Waals surface area contributed by atoms with E-state index in [1.54, 1.807) is 20.8 Å². The Morgan fingerprint density at radius 2 is 1.88 bits per heavy atom. The fraction of sp³-hybridized carbons (Fsp3) is 0.889. The fourth-order valence-corrected chi connectivity index (χ4v) is 4.79. The monoisotopic (exact) mass is 375 g/mol. The van der Waals surface area contributed by atoms with E-state index in [4.69, 9.17) is 18.8 Å². The van der Waals surface area contributed by atoms with Crippen LogP contribution in [-0.4, -0.2) is 43.2 Å². The number of Topliss-reactive ketones (excluding diaryl/α,β-unsaturated/α-hetero) is 1. The van der Waals surface area contributed by atoms with Crippen molar-refractivity contribution in [3.63, 3.8) is 0 Å². The molecule has 0 aromatic rings. The zero-order chi connectivity index (χ0) is 19.1. The SMILES string of the molecule is CCOP(=O)(OCC)C(CCCCC(C)=O)C1=N[C@@H](C(C)(C)C)CO1. The van der Waals surface area contributed by atoms with Gasteiger partial charge in [-0.25, -0.2) is 4.99 Å². The highest BCUT2D eigenvalue weighted by atomic mass is 31.2. The van der Waals surface area contributed by atoms with Crippen molar-refractivity contribution < 1.29 is 23.1 Å². The summed E-state index contributed by atoms with van der Waals surface area (Å²) < 4.78 is 30.2. The van der Waals surface area contributed by atoms with Gasteiger partial charge in [0, 0.05) is 6.42 Å². The molecule has 0 N–H and O–H groups in total. The van der Waals surface area contributed by atoms with E-state index in [0.29, 0.717) is 38.6 Å². The maximum atomic E-state index is 13.3. The van der Waals surface area contributed by atoms with Gasteiger partial charge in [-0.2, -0.15) is 0 Å². The van der Waals surface area contributed by atoms with Crippen LogP contribution in [0.3, 0.4) is 0 Å². The topological polar surface area (TPSA) is 74.2 Å². The van der Waals surface area contributed by atoms with E-state index in [1.165, 1.54) is 0 Å². The predicted octanol–water partition coefficient (Wildman–Crippen LogP) is 4.61. The summed E-state index contributed by atoms with van der Waals surface area (Å²) in [6.07, 6.45) is 2.59. The van der Waals surface area contributed by atoms with E-state index >= 15 is 0 Å². The molecule has 1 aliphatic heterocycles. The first-order valence-electron chi connectivity index (χ1n) is 9.22. The highest BCUT2D eigenvalue weighted by Gasteiger charge is 2.43. The zero-order valence-corrected chi connectivity index (χ0v) is 17.4. The first-order valence-corrected chi connectivity index (χ1v) is 10.8. The van der Waals surface area contributed by atoms with E-state index in [2.05, 4.69) is 20.8 Å².